The van der Waals surface area contributed by atoms with E-state index < -0.39 is 0 Å². The molecule has 2 nitrogen and oxygen atoms in total. The molecular formula is C15H17BrN2S. The van der Waals surface area contributed by atoms with E-state index in [1.165, 1.54) is 29.7 Å². The van der Waals surface area contributed by atoms with Gasteiger partial charge in [-0.1, -0.05) is 22.0 Å². The van der Waals surface area contributed by atoms with Crippen molar-refractivity contribution in [2.75, 3.05) is 13.1 Å². The smallest absolute Gasteiger partial charge is 0.123 e. The van der Waals surface area contributed by atoms with Gasteiger partial charge in [-0.25, -0.2) is 4.98 Å². The Labute approximate surface area is 126 Å². The standard InChI is InChI=1S/C15H17BrN2S/c1-10-2-3-12(16)8-13(10)15-18-14(9-19-15)11-4-6-17-7-5-11/h2-3,8-9,11,17H,4-7H2,1H3. The Morgan fingerprint density at radius 1 is 1.32 bits per heavy atom. The number of aryl methyl sites for hydroxylation is 1. The summed E-state index contributed by atoms with van der Waals surface area (Å²) in [5.74, 6) is 0.638. The summed E-state index contributed by atoms with van der Waals surface area (Å²) in [5, 5.41) is 6.80. The predicted molar refractivity (Wildman–Crippen MR) is 84.8 cm³/mol. The summed E-state index contributed by atoms with van der Waals surface area (Å²) < 4.78 is 1.12. The molecule has 1 aliphatic heterocycles. The SMILES string of the molecule is Cc1ccc(Br)cc1-c1nc(C2CCNCC2)cs1. The van der Waals surface area contributed by atoms with Crippen LogP contribution >= 0.6 is 27.3 Å². The number of nitrogens with zero attached hydrogens (tertiary/aromatic N) is 1. The number of hydrogen-bond acceptors (Lipinski definition) is 3. The van der Waals surface area contributed by atoms with Crippen molar-refractivity contribution in [1.82, 2.24) is 10.3 Å². The van der Waals surface area contributed by atoms with Crippen molar-refractivity contribution in [3.63, 3.8) is 0 Å². The predicted octanol–water partition coefficient (Wildman–Crippen LogP) is 4.35. The van der Waals surface area contributed by atoms with Gasteiger partial charge in [0.05, 0.1) is 5.69 Å². The maximum absolute atomic E-state index is 4.88. The third-order valence-corrected chi connectivity index (χ3v) is 5.10. The molecule has 1 N–H and O–H groups in total. The highest BCUT2D eigenvalue weighted by Gasteiger charge is 2.18. The van der Waals surface area contributed by atoms with Gasteiger partial charge in [-0.3, -0.25) is 0 Å². The van der Waals surface area contributed by atoms with Crippen LogP contribution in [0.15, 0.2) is 28.1 Å². The van der Waals surface area contributed by atoms with Gasteiger partial charge in [-0.05, 0) is 50.6 Å². The van der Waals surface area contributed by atoms with Crippen LogP contribution in [0.25, 0.3) is 10.6 Å². The maximum atomic E-state index is 4.88. The molecule has 1 aliphatic rings. The molecule has 0 radical (unpaired) electrons. The molecule has 0 amide bonds. The van der Waals surface area contributed by atoms with Gasteiger partial charge in [0.15, 0.2) is 0 Å². The van der Waals surface area contributed by atoms with Gasteiger partial charge >= 0.3 is 0 Å². The van der Waals surface area contributed by atoms with Crippen LogP contribution in [0, 0.1) is 6.92 Å². The number of rotatable bonds is 2. The molecule has 3 rings (SSSR count). The third kappa shape index (κ3) is 2.91. The molecule has 19 heavy (non-hydrogen) atoms. The van der Waals surface area contributed by atoms with E-state index >= 15 is 0 Å². The third-order valence-electron chi connectivity index (χ3n) is 3.71. The van der Waals surface area contributed by atoms with Gasteiger partial charge in [0.1, 0.15) is 5.01 Å². The van der Waals surface area contributed by atoms with Crippen LogP contribution in [0.1, 0.15) is 30.0 Å². The lowest BCUT2D eigenvalue weighted by Gasteiger charge is -2.20. The summed E-state index contributed by atoms with van der Waals surface area (Å²) in [4.78, 5) is 4.88. The Morgan fingerprint density at radius 3 is 2.89 bits per heavy atom. The maximum Gasteiger partial charge on any atom is 0.123 e. The Hall–Kier alpha value is -0.710. The molecule has 0 bridgehead atoms. The molecule has 0 atom stereocenters. The van der Waals surface area contributed by atoms with E-state index in [-0.39, 0.29) is 0 Å². The van der Waals surface area contributed by atoms with E-state index in [1.807, 2.05) is 0 Å². The molecule has 0 saturated carbocycles. The topological polar surface area (TPSA) is 24.9 Å². The van der Waals surface area contributed by atoms with Crippen molar-refractivity contribution in [3.05, 3.63) is 39.3 Å². The first-order valence-corrected chi connectivity index (χ1v) is 8.34. The van der Waals surface area contributed by atoms with Gasteiger partial charge in [-0.15, -0.1) is 11.3 Å². The lowest BCUT2D eigenvalue weighted by atomic mass is 9.95. The molecule has 1 saturated heterocycles. The van der Waals surface area contributed by atoms with Crippen molar-refractivity contribution in [1.29, 1.82) is 0 Å². The lowest BCUT2D eigenvalue weighted by Crippen LogP contribution is -2.26. The second-order valence-corrected chi connectivity index (χ2v) is 6.83. The molecule has 1 fully saturated rings. The fourth-order valence-electron chi connectivity index (χ4n) is 2.54. The molecule has 2 aromatic rings. The fourth-order valence-corrected chi connectivity index (χ4v) is 3.88. The van der Waals surface area contributed by atoms with Gasteiger partial charge in [0.25, 0.3) is 0 Å². The number of hydrogen-bond donors (Lipinski definition) is 1. The van der Waals surface area contributed by atoms with Crippen LogP contribution < -0.4 is 5.32 Å². The van der Waals surface area contributed by atoms with Crippen molar-refractivity contribution in [2.45, 2.75) is 25.7 Å². The van der Waals surface area contributed by atoms with E-state index in [1.54, 1.807) is 11.3 Å². The van der Waals surface area contributed by atoms with Gasteiger partial charge in [0, 0.05) is 21.3 Å². The first kappa shape index (κ1) is 13.3. The van der Waals surface area contributed by atoms with Crippen molar-refractivity contribution in [2.24, 2.45) is 0 Å². The van der Waals surface area contributed by atoms with Crippen LogP contribution in [-0.2, 0) is 0 Å². The van der Waals surface area contributed by atoms with Crippen molar-refractivity contribution in [3.8, 4) is 10.6 Å². The number of piperidine rings is 1. The van der Waals surface area contributed by atoms with Crippen molar-refractivity contribution < 1.29 is 0 Å². The molecule has 4 heteroatoms. The average Bonchev–Trinajstić information content (AvgIpc) is 2.92. The second kappa shape index (κ2) is 5.73. The molecule has 100 valence electrons. The average molecular weight is 337 g/mol. The molecule has 1 aromatic carbocycles. The summed E-state index contributed by atoms with van der Waals surface area (Å²) in [7, 11) is 0. The van der Waals surface area contributed by atoms with E-state index in [2.05, 4.69) is 51.7 Å². The molecular weight excluding hydrogens is 320 g/mol. The van der Waals surface area contributed by atoms with E-state index in [9.17, 15) is 0 Å². The first-order valence-electron chi connectivity index (χ1n) is 6.67. The first-order chi connectivity index (χ1) is 9.24. The fraction of sp³-hybridized carbons (Fsp3) is 0.400. The minimum absolute atomic E-state index is 0.638. The summed E-state index contributed by atoms with van der Waals surface area (Å²) >= 11 is 5.31. The Balaban J connectivity index is 1.89. The minimum Gasteiger partial charge on any atom is -0.317 e. The Bertz CT molecular complexity index is 573. The van der Waals surface area contributed by atoms with E-state index in [0.29, 0.717) is 5.92 Å². The number of thiazole rings is 1. The Morgan fingerprint density at radius 2 is 2.11 bits per heavy atom. The summed E-state index contributed by atoms with van der Waals surface area (Å²) in [6.07, 6.45) is 2.42. The number of benzene rings is 1. The van der Waals surface area contributed by atoms with E-state index in [0.717, 1.165) is 22.6 Å². The normalized spacial score (nSPS) is 16.7. The zero-order valence-corrected chi connectivity index (χ0v) is 13.4. The van der Waals surface area contributed by atoms with Gasteiger partial charge < -0.3 is 5.32 Å². The van der Waals surface area contributed by atoms with Crippen molar-refractivity contribution >= 4 is 27.3 Å². The van der Waals surface area contributed by atoms with Gasteiger partial charge in [-0.2, -0.15) is 0 Å². The van der Waals surface area contributed by atoms with Crippen LogP contribution in [0.4, 0.5) is 0 Å². The van der Waals surface area contributed by atoms with Crippen LogP contribution in [0.3, 0.4) is 0 Å². The molecule has 0 unspecified atom stereocenters. The largest absolute Gasteiger partial charge is 0.317 e. The summed E-state index contributed by atoms with van der Waals surface area (Å²) in [5.41, 5.74) is 3.81. The highest BCUT2D eigenvalue weighted by molar-refractivity contribution is 9.10. The second-order valence-electron chi connectivity index (χ2n) is 5.06. The summed E-state index contributed by atoms with van der Waals surface area (Å²) in [6.45, 7) is 4.38. The van der Waals surface area contributed by atoms with Crippen LogP contribution in [0.5, 0.6) is 0 Å². The Kier molecular flexibility index (Phi) is 4.01. The van der Waals surface area contributed by atoms with Crippen LogP contribution in [-0.4, -0.2) is 18.1 Å². The summed E-state index contributed by atoms with van der Waals surface area (Å²) in [6, 6.07) is 6.39. The van der Waals surface area contributed by atoms with Crippen LogP contribution in [0.2, 0.25) is 0 Å². The lowest BCUT2D eigenvalue weighted by molar-refractivity contribution is 0.455. The number of halogens is 1. The molecule has 0 spiro atoms. The number of aromatic nitrogens is 1. The zero-order valence-electron chi connectivity index (χ0n) is 10.9. The monoisotopic (exact) mass is 336 g/mol. The quantitative estimate of drug-likeness (QED) is 0.881. The minimum atomic E-state index is 0.638. The highest BCUT2D eigenvalue weighted by Crippen LogP contribution is 2.33. The molecule has 2 heterocycles. The van der Waals surface area contributed by atoms with E-state index in [4.69, 9.17) is 4.98 Å². The molecule has 1 aromatic heterocycles. The molecule has 0 aliphatic carbocycles. The van der Waals surface area contributed by atoms with Gasteiger partial charge in [0.2, 0.25) is 0 Å². The highest BCUT2D eigenvalue weighted by atomic mass is 79.9. The zero-order chi connectivity index (χ0) is 13.2. The number of nitrogens with one attached hydrogen (secondary N) is 1.